The third-order valence-electron chi connectivity index (χ3n) is 2.28. The van der Waals surface area contributed by atoms with Crippen molar-refractivity contribution in [3.63, 3.8) is 0 Å². The number of aromatic nitrogens is 1. The van der Waals surface area contributed by atoms with Crippen LogP contribution in [0.3, 0.4) is 0 Å². The fourth-order valence-corrected chi connectivity index (χ4v) is 2.51. The molecule has 1 aromatic carbocycles. The zero-order chi connectivity index (χ0) is 14.2. The Morgan fingerprint density at radius 2 is 1.84 bits per heavy atom. The summed E-state index contributed by atoms with van der Waals surface area (Å²) in [5.74, 6) is -1.64. The smallest absolute Gasteiger partial charge is 0.428 e. The number of nitrogens with zero attached hydrogens (tertiary/aromatic N) is 1. The maximum atomic E-state index is 12.7. The van der Waals surface area contributed by atoms with Crippen LogP contribution < -0.4 is 0 Å². The van der Waals surface area contributed by atoms with Crippen LogP contribution in [0.1, 0.15) is 15.2 Å². The Bertz CT molecular complexity index is 622. The summed E-state index contributed by atoms with van der Waals surface area (Å²) in [7, 11) is 0. The van der Waals surface area contributed by atoms with Crippen molar-refractivity contribution in [2.45, 2.75) is 6.18 Å². The first-order valence-electron chi connectivity index (χ1n) is 4.87. The summed E-state index contributed by atoms with van der Waals surface area (Å²) in [5, 5.41) is 8.97. The van der Waals surface area contributed by atoms with Crippen molar-refractivity contribution in [1.29, 1.82) is 0 Å². The lowest BCUT2D eigenvalue weighted by Gasteiger charge is -2.05. The second-order valence-corrected chi connectivity index (χ2v) is 5.23. The summed E-state index contributed by atoms with van der Waals surface area (Å²) in [4.78, 5) is 9.85. The summed E-state index contributed by atoms with van der Waals surface area (Å²) < 4.78 is 42.5. The number of aromatic carboxylic acids is 1. The van der Waals surface area contributed by atoms with Crippen LogP contribution in [0.2, 0.25) is 0 Å². The molecule has 3 nitrogen and oxygen atoms in total. The molecule has 8 heteroatoms. The first kappa shape index (κ1) is 14.0. The number of halogens is 4. The zero-order valence-corrected chi connectivity index (χ0v) is 11.4. The molecule has 0 fully saturated rings. The summed E-state index contributed by atoms with van der Waals surface area (Å²) in [6, 6.07) is 6.22. The number of benzene rings is 1. The first-order valence-corrected chi connectivity index (χ1v) is 6.43. The number of carboxylic acid groups (broad SMARTS) is 1. The normalized spacial score (nSPS) is 11.6. The van der Waals surface area contributed by atoms with Gasteiger partial charge in [0.1, 0.15) is 10.4 Å². The summed E-state index contributed by atoms with van der Waals surface area (Å²) in [5.41, 5.74) is -0.649. The van der Waals surface area contributed by atoms with Crippen molar-refractivity contribution in [3.8, 4) is 11.3 Å². The number of alkyl halides is 3. The SMILES string of the molecule is O=C(O)c1c(-c2ccc(Br)cc2)nsc1C(F)(F)F. The molecule has 2 rings (SSSR count). The molecule has 0 aliphatic heterocycles. The number of carboxylic acids is 1. The lowest BCUT2D eigenvalue weighted by atomic mass is 10.1. The maximum absolute atomic E-state index is 12.7. The Morgan fingerprint density at radius 1 is 1.26 bits per heavy atom. The molecule has 0 unspecified atom stereocenters. The second kappa shape index (κ2) is 4.93. The molecular formula is C11H5BrF3NO2S. The molecule has 0 aliphatic carbocycles. The van der Waals surface area contributed by atoms with Crippen LogP contribution in [0.5, 0.6) is 0 Å². The highest BCUT2D eigenvalue weighted by atomic mass is 79.9. The molecule has 0 saturated heterocycles. The minimum atomic E-state index is -4.72. The van der Waals surface area contributed by atoms with Crippen LogP contribution in [0.15, 0.2) is 28.7 Å². The van der Waals surface area contributed by atoms with Crippen LogP contribution in [0.25, 0.3) is 11.3 Å². The molecular weight excluding hydrogens is 347 g/mol. The van der Waals surface area contributed by atoms with Gasteiger partial charge in [-0.1, -0.05) is 28.1 Å². The Hall–Kier alpha value is -1.41. The molecule has 1 heterocycles. The van der Waals surface area contributed by atoms with Crippen molar-refractivity contribution >= 4 is 33.4 Å². The van der Waals surface area contributed by atoms with Crippen molar-refractivity contribution in [2.75, 3.05) is 0 Å². The van der Waals surface area contributed by atoms with Crippen LogP contribution in [0.4, 0.5) is 13.2 Å². The Labute approximate surface area is 118 Å². The van der Waals surface area contributed by atoms with Gasteiger partial charge in [-0.05, 0) is 23.7 Å². The molecule has 0 aliphatic rings. The number of carbonyl (C=O) groups is 1. The standard InChI is InChI=1S/C11H5BrF3NO2S/c12-6-3-1-5(2-4-6)8-7(10(17)18)9(19-16-8)11(13,14)15/h1-4H,(H,17,18). The molecule has 100 valence electrons. The van der Waals surface area contributed by atoms with Gasteiger partial charge in [-0.3, -0.25) is 0 Å². The van der Waals surface area contributed by atoms with E-state index in [0.29, 0.717) is 5.56 Å². The Morgan fingerprint density at radius 3 is 2.32 bits per heavy atom. The number of hydrogen-bond donors (Lipinski definition) is 1. The molecule has 1 N–H and O–H groups in total. The van der Waals surface area contributed by atoms with Crippen LogP contribution in [-0.4, -0.2) is 15.4 Å². The molecule has 1 aromatic heterocycles. The van der Waals surface area contributed by atoms with Crippen molar-refractivity contribution in [2.24, 2.45) is 0 Å². The van der Waals surface area contributed by atoms with Crippen LogP contribution in [0, 0.1) is 0 Å². The maximum Gasteiger partial charge on any atom is 0.428 e. The van der Waals surface area contributed by atoms with Gasteiger partial charge in [0.25, 0.3) is 0 Å². The fraction of sp³-hybridized carbons (Fsp3) is 0.0909. The monoisotopic (exact) mass is 351 g/mol. The van der Waals surface area contributed by atoms with Crippen LogP contribution in [-0.2, 0) is 6.18 Å². The van der Waals surface area contributed by atoms with E-state index in [1.807, 2.05) is 0 Å². The zero-order valence-electron chi connectivity index (χ0n) is 9.03. The molecule has 0 radical (unpaired) electrons. The summed E-state index contributed by atoms with van der Waals surface area (Å²) in [6.45, 7) is 0. The second-order valence-electron chi connectivity index (χ2n) is 3.55. The highest BCUT2D eigenvalue weighted by Gasteiger charge is 2.40. The fourth-order valence-electron chi connectivity index (χ4n) is 1.49. The molecule has 0 bridgehead atoms. The average Bonchev–Trinajstić information content (AvgIpc) is 2.74. The molecule has 0 saturated carbocycles. The van der Waals surface area contributed by atoms with E-state index in [2.05, 4.69) is 20.3 Å². The van der Waals surface area contributed by atoms with Gasteiger partial charge in [0.05, 0.1) is 5.69 Å². The van der Waals surface area contributed by atoms with E-state index < -0.39 is 22.6 Å². The molecule has 19 heavy (non-hydrogen) atoms. The highest BCUT2D eigenvalue weighted by molar-refractivity contribution is 9.10. The van der Waals surface area contributed by atoms with E-state index in [4.69, 9.17) is 5.11 Å². The predicted octanol–water partition coefficient (Wildman–Crippen LogP) is 4.29. The lowest BCUT2D eigenvalue weighted by molar-refractivity contribution is -0.134. The van der Waals surface area contributed by atoms with Gasteiger partial charge in [0.2, 0.25) is 0 Å². The highest BCUT2D eigenvalue weighted by Crippen LogP contribution is 2.39. The quantitative estimate of drug-likeness (QED) is 0.877. The summed E-state index contributed by atoms with van der Waals surface area (Å²) in [6.07, 6.45) is -4.72. The van der Waals surface area contributed by atoms with Gasteiger partial charge >= 0.3 is 12.1 Å². The van der Waals surface area contributed by atoms with Crippen LogP contribution >= 0.6 is 27.5 Å². The Balaban J connectivity index is 2.62. The molecule has 0 amide bonds. The third-order valence-corrected chi connectivity index (χ3v) is 3.70. The number of rotatable bonds is 2. The average molecular weight is 352 g/mol. The van der Waals surface area contributed by atoms with Gasteiger partial charge in [-0.25, -0.2) is 4.79 Å². The molecule has 0 atom stereocenters. The molecule has 0 spiro atoms. The van der Waals surface area contributed by atoms with Gasteiger partial charge in [-0.2, -0.15) is 17.5 Å². The minimum absolute atomic E-state index is 0.143. The predicted molar refractivity (Wildman–Crippen MR) is 67.2 cm³/mol. The van der Waals surface area contributed by atoms with Gasteiger partial charge in [0.15, 0.2) is 0 Å². The topological polar surface area (TPSA) is 50.2 Å². The van der Waals surface area contributed by atoms with Crippen molar-refractivity contribution < 1.29 is 23.1 Å². The van der Waals surface area contributed by atoms with Gasteiger partial charge in [-0.15, -0.1) is 0 Å². The summed E-state index contributed by atoms with van der Waals surface area (Å²) >= 11 is 3.33. The van der Waals surface area contributed by atoms with E-state index in [9.17, 15) is 18.0 Å². The van der Waals surface area contributed by atoms with Gasteiger partial charge in [0, 0.05) is 10.0 Å². The lowest BCUT2D eigenvalue weighted by Crippen LogP contribution is -2.10. The first-order chi connectivity index (χ1) is 8.80. The van der Waals surface area contributed by atoms with E-state index in [-0.39, 0.29) is 17.2 Å². The van der Waals surface area contributed by atoms with Crippen molar-refractivity contribution in [1.82, 2.24) is 4.37 Å². The van der Waals surface area contributed by atoms with E-state index >= 15 is 0 Å². The largest absolute Gasteiger partial charge is 0.478 e. The van der Waals surface area contributed by atoms with E-state index in [1.165, 1.54) is 12.1 Å². The van der Waals surface area contributed by atoms with E-state index in [1.54, 1.807) is 12.1 Å². The number of hydrogen-bond acceptors (Lipinski definition) is 3. The van der Waals surface area contributed by atoms with Crippen molar-refractivity contribution in [3.05, 3.63) is 39.2 Å². The molecule has 2 aromatic rings. The Kier molecular flexibility index (Phi) is 3.64. The van der Waals surface area contributed by atoms with Gasteiger partial charge < -0.3 is 5.11 Å². The van der Waals surface area contributed by atoms with E-state index in [0.717, 1.165) is 4.47 Å². The minimum Gasteiger partial charge on any atom is -0.478 e. The third kappa shape index (κ3) is 2.79.